The number of nitrogens with zero attached hydrogens (tertiary/aromatic N) is 2. The second-order valence-corrected chi connectivity index (χ2v) is 6.38. The maximum absolute atomic E-state index is 6.26. The molecule has 4 heteroatoms. The SMILES string of the molecule is BC1CCCCCCC2C1O/C(=N\CC)N2C(C)C. The summed E-state index contributed by atoms with van der Waals surface area (Å²) in [5.41, 5.74) is 0. The molecule has 2 fully saturated rings. The summed E-state index contributed by atoms with van der Waals surface area (Å²) in [5, 5.41) is 0. The maximum atomic E-state index is 6.26. The molecule has 108 valence electrons. The molecule has 0 bridgehead atoms. The van der Waals surface area contributed by atoms with Crippen LogP contribution in [0, 0.1) is 0 Å². The van der Waals surface area contributed by atoms with Gasteiger partial charge in [0.05, 0.1) is 6.04 Å². The molecular weight excluding hydrogens is 235 g/mol. The van der Waals surface area contributed by atoms with E-state index in [1.54, 1.807) is 0 Å². The fourth-order valence-corrected chi connectivity index (χ4v) is 3.56. The Balaban J connectivity index is 2.22. The first-order valence-corrected chi connectivity index (χ1v) is 8.14. The van der Waals surface area contributed by atoms with Gasteiger partial charge in [-0.05, 0) is 33.0 Å². The van der Waals surface area contributed by atoms with Crippen molar-refractivity contribution in [2.75, 3.05) is 6.54 Å². The van der Waals surface area contributed by atoms with Crippen LogP contribution in [0.5, 0.6) is 0 Å². The van der Waals surface area contributed by atoms with Gasteiger partial charge in [-0.15, -0.1) is 0 Å². The quantitative estimate of drug-likeness (QED) is 0.716. The minimum absolute atomic E-state index is 0.353. The molecule has 1 saturated heterocycles. The number of rotatable bonds is 2. The first-order valence-electron chi connectivity index (χ1n) is 8.14. The normalized spacial score (nSPS) is 34.6. The highest BCUT2D eigenvalue weighted by Crippen LogP contribution is 2.35. The van der Waals surface area contributed by atoms with Gasteiger partial charge < -0.3 is 9.64 Å². The van der Waals surface area contributed by atoms with Crippen LogP contribution in [-0.4, -0.2) is 43.5 Å². The second-order valence-electron chi connectivity index (χ2n) is 6.38. The number of hydrogen-bond acceptors (Lipinski definition) is 2. The molecule has 0 aromatic carbocycles. The van der Waals surface area contributed by atoms with Gasteiger partial charge in [0.25, 0.3) is 6.02 Å². The van der Waals surface area contributed by atoms with Gasteiger partial charge in [0.15, 0.2) is 0 Å². The summed E-state index contributed by atoms with van der Waals surface area (Å²) in [7, 11) is 2.36. The molecule has 3 unspecified atom stereocenters. The van der Waals surface area contributed by atoms with Crippen LogP contribution in [0.4, 0.5) is 0 Å². The Hall–Kier alpha value is -0.665. The average Bonchev–Trinajstić information content (AvgIpc) is 2.74. The van der Waals surface area contributed by atoms with Crippen molar-refractivity contribution in [3.63, 3.8) is 0 Å². The van der Waals surface area contributed by atoms with Crippen molar-refractivity contribution in [2.24, 2.45) is 4.99 Å². The topological polar surface area (TPSA) is 24.8 Å². The summed E-state index contributed by atoms with van der Waals surface area (Å²) in [6.07, 6.45) is 8.37. The van der Waals surface area contributed by atoms with E-state index in [1.807, 2.05) is 0 Å². The van der Waals surface area contributed by atoms with E-state index in [0.717, 1.165) is 12.6 Å². The van der Waals surface area contributed by atoms with E-state index in [4.69, 9.17) is 4.74 Å². The van der Waals surface area contributed by atoms with E-state index in [0.29, 0.717) is 24.0 Å². The molecule has 0 N–H and O–H groups in total. The third-order valence-electron chi connectivity index (χ3n) is 4.52. The Labute approximate surface area is 119 Å². The van der Waals surface area contributed by atoms with Gasteiger partial charge in [0.2, 0.25) is 0 Å². The molecule has 3 nitrogen and oxygen atoms in total. The number of aliphatic imine (C=N–C) groups is 1. The number of ether oxygens (including phenoxy) is 1. The summed E-state index contributed by atoms with van der Waals surface area (Å²) in [4.78, 5) is 7.03. The molecule has 3 atom stereocenters. The molecule has 1 aliphatic carbocycles. The molecule has 1 aliphatic heterocycles. The second kappa shape index (κ2) is 6.67. The molecule has 0 amide bonds. The lowest BCUT2D eigenvalue weighted by molar-refractivity contribution is 0.162. The molecular formula is C15H29BN2O. The van der Waals surface area contributed by atoms with E-state index in [1.165, 1.54) is 38.5 Å². The number of hydrogen-bond donors (Lipinski definition) is 0. The van der Waals surface area contributed by atoms with Crippen LogP contribution in [0.15, 0.2) is 4.99 Å². The van der Waals surface area contributed by atoms with Crippen LogP contribution in [0.25, 0.3) is 0 Å². The van der Waals surface area contributed by atoms with Crippen molar-refractivity contribution in [2.45, 2.75) is 83.3 Å². The lowest BCUT2D eigenvalue weighted by atomic mass is 9.76. The Morgan fingerprint density at radius 1 is 1.26 bits per heavy atom. The summed E-state index contributed by atoms with van der Waals surface area (Å²) in [6.45, 7) is 7.42. The summed E-state index contributed by atoms with van der Waals surface area (Å²) in [6, 6.07) is 1.92. The van der Waals surface area contributed by atoms with Gasteiger partial charge in [-0.2, -0.15) is 0 Å². The van der Waals surface area contributed by atoms with Crippen LogP contribution in [0.1, 0.15) is 59.3 Å². The van der Waals surface area contributed by atoms with Gasteiger partial charge in [-0.3, -0.25) is 0 Å². The van der Waals surface area contributed by atoms with Gasteiger partial charge in [-0.1, -0.05) is 32.1 Å². The summed E-state index contributed by atoms with van der Waals surface area (Å²) in [5.74, 6) is 0.647. The highest BCUT2D eigenvalue weighted by Gasteiger charge is 2.43. The van der Waals surface area contributed by atoms with Gasteiger partial charge in [0.1, 0.15) is 14.0 Å². The maximum Gasteiger partial charge on any atom is 0.288 e. The van der Waals surface area contributed by atoms with E-state index >= 15 is 0 Å². The molecule has 1 heterocycles. The van der Waals surface area contributed by atoms with E-state index in [2.05, 4.69) is 38.5 Å². The van der Waals surface area contributed by atoms with Crippen molar-refractivity contribution in [1.82, 2.24) is 4.90 Å². The fourth-order valence-electron chi connectivity index (χ4n) is 3.56. The van der Waals surface area contributed by atoms with Crippen LogP contribution in [0.3, 0.4) is 0 Å². The predicted molar refractivity (Wildman–Crippen MR) is 83.6 cm³/mol. The Morgan fingerprint density at radius 2 is 1.95 bits per heavy atom. The molecule has 2 aliphatic rings. The molecule has 19 heavy (non-hydrogen) atoms. The van der Waals surface area contributed by atoms with Crippen molar-refractivity contribution in [1.29, 1.82) is 0 Å². The first-order chi connectivity index (χ1) is 9.15. The average molecular weight is 264 g/mol. The van der Waals surface area contributed by atoms with E-state index < -0.39 is 0 Å². The third kappa shape index (κ3) is 3.26. The lowest BCUT2D eigenvalue weighted by Gasteiger charge is -2.30. The Morgan fingerprint density at radius 3 is 2.58 bits per heavy atom. The molecule has 0 aromatic heterocycles. The van der Waals surface area contributed by atoms with Crippen LogP contribution in [0.2, 0.25) is 5.82 Å². The largest absolute Gasteiger partial charge is 0.460 e. The van der Waals surface area contributed by atoms with Gasteiger partial charge in [0, 0.05) is 12.6 Å². The number of fused-ring (bicyclic) bond motifs is 1. The first kappa shape index (κ1) is 14.7. The lowest BCUT2D eigenvalue weighted by Crippen LogP contribution is -2.42. The van der Waals surface area contributed by atoms with Gasteiger partial charge in [-0.25, -0.2) is 4.99 Å². The summed E-state index contributed by atoms with van der Waals surface area (Å²) < 4.78 is 6.26. The molecule has 0 aromatic rings. The van der Waals surface area contributed by atoms with Crippen LogP contribution < -0.4 is 0 Å². The van der Waals surface area contributed by atoms with Crippen molar-refractivity contribution >= 4 is 13.9 Å². The monoisotopic (exact) mass is 264 g/mol. The summed E-state index contributed by atoms with van der Waals surface area (Å²) >= 11 is 0. The van der Waals surface area contributed by atoms with E-state index in [-0.39, 0.29) is 0 Å². The third-order valence-corrected chi connectivity index (χ3v) is 4.52. The van der Waals surface area contributed by atoms with E-state index in [9.17, 15) is 0 Å². The van der Waals surface area contributed by atoms with Crippen molar-refractivity contribution < 1.29 is 4.74 Å². The van der Waals surface area contributed by atoms with Gasteiger partial charge >= 0.3 is 0 Å². The standard InChI is InChI=1S/C15H29BN2O/c1-4-17-15-18(11(2)3)13-10-8-6-5-7-9-12(16)14(13)19-15/h11-14H,4-10,16H2,1-3H3/b17-15-. The molecule has 0 radical (unpaired) electrons. The minimum atomic E-state index is 0.353. The predicted octanol–water partition coefficient (Wildman–Crippen LogP) is 2.62. The zero-order valence-electron chi connectivity index (χ0n) is 13.1. The van der Waals surface area contributed by atoms with Crippen LogP contribution >= 0.6 is 0 Å². The van der Waals surface area contributed by atoms with Crippen molar-refractivity contribution in [3.05, 3.63) is 0 Å². The number of amidine groups is 1. The molecule has 2 rings (SSSR count). The Bertz CT molecular complexity index is 319. The van der Waals surface area contributed by atoms with Crippen molar-refractivity contribution in [3.8, 4) is 0 Å². The molecule has 1 saturated carbocycles. The minimum Gasteiger partial charge on any atom is -0.460 e. The zero-order valence-corrected chi connectivity index (χ0v) is 13.1. The highest BCUT2D eigenvalue weighted by molar-refractivity contribution is 6.12. The molecule has 0 spiro atoms. The fraction of sp³-hybridized carbons (Fsp3) is 0.933. The smallest absolute Gasteiger partial charge is 0.288 e. The Kier molecular flexibility index (Phi) is 5.17. The van der Waals surface area contributed by atoms with Crippen LogP contribution in [-0.2, 0) is 4.74 Å². The highest BCUT2D eigenvalue weighted by atomic mass is 16.5. The zero-order chi connectivity index (χ0) is 13.8.